The summed E-state index contributed by atoms with van der Waals surface area (Å²) in [5.74, 6) is 0.439. The van der Waals surface area contributed by atoms with E-state index in [0.717, 1.165) is 12.1 Å². The number of amides is 1. The summed E-state index contributed by atoms with van der Waals surface area (Å²) >= 11 is 0. The van der Waals surface area contributed by atoms with Gasteiger partial charge in [-0.15, -0.1) is 0 Å². The Kier molecular flexibility index (Phi) is 5.31. The highest BCUT2D eigenvalue weighted by Gasteiger charge is 2.33. The van der Waals surface area contributed by atoms with Crippen molar-refractivity contribution in [3.05, 3.63) is 23.9 Å². The molecule has 2 heterocycles. The highest BCUT2D eigenvalue weighted by molar-refractivity contribution is 5.79. The number of ether oxygens (including phenoxy) is 2. The maximum atomic E-state index is 12.2. The third-order valence-corrected chi connectivity index (χ3v) is 3.36. The Bertz CT molecular complexity index is 453. The molecule has 2 rings (SSSR count). The number of rotatable bonds is 6. The summed E-state index contributed by atoms with van der Waals surface area (Å²) < 4.78 is 10.4. The molecule has 20 heavy (non-hydrogen) atoms. The van der Waals surface area contributed by atoms with E-state index in [2.05, 4.69) is 15.6 Å². The average molecular weight is 279 g/mol. The van der Waals surface area contributed by atoms with Gasteiger partial charge in [-0.3, -0.25) is 4.79 Å². The summed E-state index contributed by atoms with van der Waals surface area (Å²) in [6.45, 7) is 4.39. The average Bonchev–Trinajstić information content (AvgIpc) is 2.94. The molecule has 0 saturated carbocycles. The van der Waals surface area contributed by atoms with Crippen molar-refractivity contribution in [1.29, 1.82) is 0 Å². The van der Waals surface area contributed by atoms with Crippen LogP contribution in [0.2, 0.25) is 0 Å². The van der Waals surface area contributed by atoms with Crippen LogP contribution >= 0.6 is 0 Å². The van der Waals surface area contributed by atoms with E-state index < -0.39 is 0 Å². The van der Waals surface area contributed by atoms with Crippen LogP contribution in [0.15, 0.2) is 18.3 Å². The Balaban J connectivity index is 1.88. The lowest BCUT2D eigenvalue weighted by molar-refractivity contribution is -0.125. The zero-order chi connectivity index (χ0) is 14.4. The first kappa shape index (κ1) is 14.7. The largest absolute Gasteiger partial charge is 0.481 e. The minimum atomic E-state index is -0.126. The second-order valence-electron chi connectivity index (χ2n) is 4.73. The number of aromatic nitrogens is 1. The number of hydrogen-bond acceptors (Lipinski definition) is 5. The third-order valence-electron chi connectivity index (χ3n) is 3.36. The summed E-state index contributed by atoms with van der Waals surface area (Å²) in [7, 11) is 1.57. The highest BCUT2D eigenvalue weighted by atomic mass is 16.5. The fraction of sp³-hybridized carbons (Fsp3) is 0.571. The lowest BCUT2D eigenvalue weighted by atomic mass is 10.0. The number of nitrogens with one attached hydrogen (secondary N) is 2. The number of likely N-dealkylation sites (N-methyl/N-ethyl adjacent to an activating group) is 1. The molecular formula is C14H21N3O3. The predicted octanol–water partition coefficient (Wildman–Crippen LogP) is 0.331. The molecule has 110 valence electrons. The highest BCUT2D eigenvalue weighted by Crippen LogP contribution is 2.14. The van der Waals surface area contributed by atoms with Gasteiger partial charge in [0.25, 0.3) is 0 Å². The zero-order valence-electron chi connectivity index (χ0n) is 11.9. The normalized spacial score (nSPS) is 21.7. The maximum absolute atomic E-state index is 12.2. The van der Waals surface area contributed by atoms with Crippen LogP contribution in [0.1, 0.15) is 12.5 Å². The molecule has 0 aliphatic carbocycles. The number of pyridine rings is 1. The Morgan fingerprint density at radius 1 is 1.55 bits per heavy atom. The van der Waals surface area contributed by atoms with E-state index in [1.54, 1.807) is 13.3 Å². The number of carbonyl (C=O) groups is 1. The maximum Gasteiger partial charge on any atom is 0.227 e. The lowest BCUT2D eigenvalue weighted by Crippen LogP contribution is -2.43. The Morgan fingerprint density at radius 2 is 2.40 bits per heavy atom. The molecule has 1 aliphatic heterocycles. The minimum Gasteiger partial charge on any atom is -0.481 e. The van der Waals surface area contributed by atoms with Crippen molar-refractivity contribution in [2.75, 3.05) is 26.9 Å². The third kappa shape index (κ3) is 3.68. The number of carbonyl (C=O) groups excluding carboxylic acids is 1. The molecule has 2 unspecified atom stereocenters. The molecule has 2 N–H and O–H groups in total. The van der Waals surface area contributed by atoms with E-state index in [0.29, 0.717) is 25.6 Å². The van der Waals surface area contributed by atoms with Gasteiger partial charge in [-0.1, -0.05) is 6.92 Å². The monoisotopic (exact) mass is 279 g/mol. The molecule has 0 aromatic carbocycles. The molecule has 6 heteroatoms. The number of nitrogens with zero attached hydrogens (tertiary/aromatic N) is 1. The number of methoxy groups -OCH3 is 1. The molecule has 1 fully saturated rings. The van der Waals surface area contributed by atoms with Crippen LogP contribution in [0.4, 0.5) is 0 Å². The topological polar surface area (TPSA) is 72.5 Å². The van der Waals surface area contributed by atoms with Crippen LogP contribution in [0.3, 0.4) is 0 Å². The van der Waals surface area contributed by atoms with Crippen LogP contribution in [-0.4, -0.2) is 43.8 Å². The van der Waals surface area contributed by atoms with Gasteiger partial charge in [0.2, 0.25) is 11.8 Å². The zero-order valence-corrected chi connectivity index (χ0v) is 11.9. The van der Waals surface area contributed by atoms with Crippen LogP contribution in [0.25, 0.3) is 0 Å². The van der Waals surface area contributed by atoms with Gasteiger partial charge in [0, 0.05) is 24.8 Å². The van der Waals surface area contributed by atoms with Crippen molar-refractivity contribution < 1.29 is 14.3 Å². The molecule has 1 aliphatic rings. The fourth-order valence-corrected chi connectivity index (χ4v) is 2.27. The summed E-state index contributed by atoms with van der Waals surface area (Å²) in [4.78, 5) is 16.2. The molecule has 1 amide bonds. The minimum absolute atomic E-state index is 0.0178. The summed E-state index contributed by atoms with van der Waals surface area (Å²) in [6.07, 6.45) is 1.67. The first-order valence-electron chi connectivity index (χ1n) is 6.82. The fourth-order valence-electron chi connectivity index (χ4n) is 2.27. The van der Waals surface area contributed by atoms with Gasteiger partial charge in [-0.25, -0.2) is 4.98 Å². The van der Waals surface area contributed by atoms with E-state index in [-0.39, 0.29) is 17.9 Å². The molecule has 6 nitrogen and oxygen atoms in total. The van der Waals surface area contributed by atoms with E-state index in [4.69, 9.17) is 9.47 Å². The van der Waals surface area contributed by atoms with Crippen LogP contribution in [-0.2, 0) is 16.1 Å². The molecular weight excluding hydrogens is 258 g/mol. The van der Waals surface area contributed by atoms with Crippen LogP contribution in [0, 0.1) is 5.92 Å². The van der Waals surface area contributed by atoms with Crippen molar-refractivity contribution in [3.63, 3.8) is 0 Å². The van der Waals surface area contributed by atoms with E-state index in [1.807, 2.05) is 19.1 Å². The standard InChI is InChI=1S/C14H21N3O3/c1-3-15-12-9-20-8-11(12)14(18)17-7-10-4-5-16-13(6-10)19-2/h4-6,11-12,15H,3,7-9H2,1-2H3,(H,17,18). The molecule has 1 saturated heterocycles. The predicted molar refractivity (Wildman–Crippen MR) is 74.4 cm³/mol. The molecule has 2 atom stereocenters. The first-order chi connectivity index (χ1) is 9.74. The number of hydrogen-bond donors (Lipinski definition) is 2. The van der Waals surface area contributed by atoms with Gasteiger partial charge in [-0.05, 0) is 18.2 Å². The van der Waals surface area contributed by atoms with Gasteiger partial charge >= 0.3 is 0 Å². The summed E-state index contributed by atoms with van der Waals surface area (Å²) in [5, 5.41) is 6.21. The quantitative estimate of drug-likeness (QED) is 0.785. The van der Waals surface area contributed by atoms with E-state index >= 15 is 0 Å². The first-order valence-corrected chi connectivity index (χ1v) is 6.82. The summed E-state index contributed by atoms with van der Waals surface area (Å²) in [5.41, 5.74) is 0.962. The van der Waals surface area contributed by atoms with Crippen molar-refractivity contribution in [1.82, 2.24) is 15.6 Å². The van der Waals surface area contributed by atoms with Gasteiger partial charge in [0.1, 0.15) is 0 Å². The van der Waals surface area contributed by atoms with E-state index in [9.17, 15) is 4.79 Å². The van der Waals surface area contributed by atoms with Gasteiger partial charge < -0.3 is 20.1 Å². The van der Waals surface area contributed by atoms with Crippen LogP contribution in [0.5, 0.6) is 5.88 Å². The second-order valence-corrected chi connectivity index (χ2v) is 4.73. The SMILES string of the molecule is CCNC1COCC1C(=O)NCc1ccnc(OC)c1. The molecule has 0 spiro atoms. The van der Waals surface area contributed by atoms with Crippen molar-refractivity contribution in [2.45, 2.75) is 19.5 Å². The van der Waals surface area contributed by atoms with Gasteiger partial charge in [0.05, 0.1) is 26.2 Å². The lowest BCUT2D eigenvalue weighted by Gasteiger charge is -2.17. The Hall–Kier alpha value is -1.66. The molecule has 1 aromatic heterocycles. The molecule has 0 bridgehead atoms. The van der Waals surface area contributed by atoms with Gasteiger partial charge in [-0.2, -0.15) is 0 Å². The molecule has 1 aromatic rings. The summed E-state index contributed by atoms with van der Waals surface area (Å²) in [6, 6.07) is 3.77. The van der Waals surface area contributed by atoms with Crippen molar-refractivity contribution >= 4 is 5.91 Å². The van der Waals surface area contributed by atoms with Crippen LogP contribution < -0.4 is 15.4 Å². The smallest absolute Gasteiger partial charge is 0.227 e. The van der Waals surface area contributed by atoms with Crippen molar-refractivity contribution in [2.24, 2.45) is 5.92 Å². The Morgan fingerprint density at radius 3 is 3.15 bits per heavy atom. The van der Waals surface area contributed by atoms with Gasteiger partial charge in [0.15, 0.2) is 0 Å². The van der Waals surface area contributed by atoms with Crippen molar-refractivity contribution in [3.8, 4) is 5.88 Å². The second kappa shape index (κ2) is 7.21. The molecule has 0 radical (unpaired) electrons. The Labute approximate surface area is 118 Å². The van der Waals surface area contributed by atoms with E-state index in [1.165, 1.54) is 0 Å².